The van der Waals surface area contributed by atoms with Crippen LogP contribution in [0.25, 0.3) is 33.1 Å². The van der Waals surface area contributed by atoms with Crippen molar-refractivity contribution < 1.29 is 4.39 Å². The minimum atomic E-state index is -0.370. The van der Waals surface area contributed by atoms with E-state index in [-0.39, 0.29) is 11.4 Å². The van der Waals surface area contributed by atoms with Crippen LogP contribution >= 0.6 is 11.8 Å². The van der Waals surface area contributed by atoms with Gasteiger partial charge in [0.2, 0.25) is 0 Å². The van der Waals surface area contributed by atoms with Crippen molar-refractivity contribution >= 4 is 39.2 Å². The third kappa shape index (κ3) is 3.41. The standard InChI is InChI=1S/C25H17FN6OS/c1-15-27-23-18-6-2-4-8-20(18)29-25(32(23)30-15)34-14-22-28-21-9-5-3-7-19(21)24(33)31(22)17-12-10-16(26)11-13-17/h2-13H,14H2,1H3. The van der Waals surface area contributed by atoms with Gasteiger partial charge >= 0.3 is 0 Å². The van der Waals surface area contributed by atoms with Crippen LogP contribution in [0.5, 0.6) is 0 Å². The summed E-state index contributed by atoms with van der Waals surface area (Å²) in [7, 11) is 0. The average molecular weight is 469 g/mol. The highest BCUT2D eigenvalue weighted by Crippen LogP contribution is 2.27. The van der Waals surface area contributed by atoms with Gasteiger partial charge in [0, 0.05) is 5.39 Å². The third-order valence-electron chi connectivity index (χ3n) is 5.52. The van der Waals surface area contributed by atoms with Crippen molar-refractivity contribution in [2.45, 2.75) is 17.8 Å². The third-order valence-corrected chi connectivity index (χ3v) is 6.44. The van der Waals surface area contributed by atoms with E-state index in [0.29, 0.717) is 39.1 Å². The topological polar surface area (TPSA) is 78.0 Å². The molecule has 166 valence electrons. The summed E-state index contributed by atoms with van der Waals surface area (Å²) in [6.07, 6.45) is 0. The monoisotopic (exact) mass is 468 g/mol. The van der Waals surface area contributed by atoms with E-state index in [1.54, 1.807) is 28.8 Å². The molecule has 0 saturated heterocycles. The fourth-order valence-electron chi connectivity index (χ4n) is 3.99. The lowest BCUT2D eigenvalue weighted by Gasteiger charge is -2.14. The van der Waals surface area contributed by atoms with Gasteiger partial charge in [-0.2, -0.15) is 4.52 Å². The molecular weight excluding hydrogens is 451 g/mol. The van der Waals surface area contributed by atoms with Gasteiger partial charge in [-0.3, -0.25) is 9.36 Å². The van der Waals surface area contributed by atoms with Crippen molar-refractivity contribution in [1.82, 2.24) is 29.1 Å². The molecule has 0 bridgehead atoms. The lowest BCUT2D eigenvalue weighted by atomic mass is 10.2. The summed E-state index contributed by atoms with van der Waals surface area (Å²) in [4.78, 5) is 27.6. The smallest absolute Gasteiger partial charge is 0.265 e. The Hall–Kier alpha value is -4.11. The second-order valence-corrected chi connectivity index (χ2v) is 8.70. The van der Waals surface area contributed by atoms with Gasteiger partial charge in [0.1, 0.15) is 17.5 Å². The fraction of sp³-hybridized carbons (Fsp3) is 0.0800. The lowest BCUT2D eigenvalue weighted by Crippen LogP contribution is -2.23. The zero-order chi connectivity index (χ0) is 23.2. The first-order chi connectivity index (χ1) is 16.6. The largest absolute Gasteiger partial charge is 0.268 e. The Morgan fingerprint density at radius 3 is 2.29 bits per heavy atom. The maximum absolute atomic E-state index is 13.6. The number of rotatable bonds is 4. The van der Waals surface area contributed by atoms with Crippen molar-refractivity contribution in [2.24, 2.45) is 0 Å². The Morgan fingerprint density at radius 1 is 0.853 bits per heavy atom. The van der Waals surface area contributed by atoms with Gasteiger partial charge in [-0.05, 0) is 55.5 Å². The molecule has 3 heterocycles. The minimum Gasteiger partial charge on any atom is -0.268 e. The van der Waals surface area contributed by atoms with Crippen LogP contribution in [0.2, 0.25) is 0 Å². The minimum absolute atomic E-state index is 0.207. The second-order valence-electron chi connectivity index (χ2n) is 7.76. The molecule has 0 N–H and O–H groups in total. The van der Waals surface area contributed by atoms with Crippen LogP contribution in [0.4, 0.5) is 4.39 Å². The van der Waals surface area contributed by atoms with Crippen molar-refractivity contribution in [3.8, 4) is 5.69 Å². The Balaban J connectivity index is 1.50. The van der Waals surface area contributed by atoms with E-state index in [2.05, 4.69) is 10.1 Å². The predicted octanol–water partition coefficient (Wildman–Crippen LogP) is 4.72. The normalized spacial score (nSPS) is 11.6. The summed E-state index contributed by atoms with van der Waals surface area (Å²) < 4.78 is 16.8. The Bertz CT molecular complexity index is 1760. The molecule has 0 radical (unpaired) electrons. The predicted molar refractivity (Wildman–Crippen MR) is 130 cm³/mol. The van der Waals surface area contributed by atoms with Crippen LogP contribution in [0.15, 0.2) is 82.7 Å². The maximum Gasteiger partial charge on any atom is 0.265 e. The van der Waals surface area contributed by atoms with Gasteiger partial charge in [0.05, 0.1) is 27.9 Å². The molecule has 0 spiro atoms. The number of hydrogen-bond acceptors (Lipinski definition) is 6. The van der Waals surface area contributed by atoms with Crippen LogP contribution < -0.4 is 5.56 Å². The lowest BCUT2D eigenvalue weighted by molar-refractivity contribution is 0.627. The molecule has 0 unspecified atom stereocenters. The first-order valence-electron chi connectivity index (χ1n) is 10.6. The molecule has 6 rings (SSSR count). The van der Waals surface area contributed by atoms with E-state index in [4.69, 9.17) is 9.97 Å². The van der Waals surface area contributed by atoms with E-state index in [1.807, 2.05) is 43.3 Å². The molecule has 0 atom stereocenters. The van der Waals surface area contributed by atoms with E-state index in [1.165, 1.54) is 28.5 Å². The van der Waals surface area contributed by atoms with Crippen LogP contribution in [-0.2, 0) is 5.75 Å². The molecule has 3 aromatic heterocycles. The summed E-state index contributed by atoms with van der Waals surface area (Å²) in [5.41, 5.74) is 2.49. The number of para-hydroxylation sites is 2. The van der Waals surface area contributed by atoms with Gasteiger partial charge in [0.25, 0.3) is 5.56 Å². The highest BCUT2D eigenvalue weighted by atomic mass is 32.2. The quantitative estimate of drug-likeness (QED) is 0.275. The molecule has 7 nitrogen and oxygen atoms in total. The molecule has 0 saturated carbocycles. The van der Waals surface area contributed by atoms with Crippen LogP contribution in [0, 0.1) is 12.7 Å². The van der Waals surface area contributed by atoms with Crippen molar-refractivity contribution in [2.75, 3.05) is 0 Å². The highest BCUT2D eigenvalue weighted by molar-refractivity contribution is 7.98. The molecule has 0 fully saturated rings. The Morgan fingerprint density at radius 2 is 1.53 bits per heavy atom. The van der Waals surface area contributed by atoms with Crippen molar-refractivity contribution in [3.05, 3.63) is 101 Å². The first-order valence-corrected chi connectivity index (χ1v) is 11.6. The maximum atomic E-state index is 13.6. The second kappa shape index (κ2) is 8.03. The van der Waals surface area contributed by atoms with Gasteiger partial charge < -0.3 is 0 Å². The molecule has 9 heteroatoms. The van der Waals surface area contributed by atoms with Crippen molar-refractivity contribution in [3.63, 3.8) is 0 Å². The van der Waals surface area contributed by atoms with Crippen LogP contribution in [0.1, 0.15) is 11.6 Å². The Kier molecular flexibility index (Phi) is 4.84. The van der Waals surface area contributed by atoms with Gasteiger partial charge in [-0.25, -0.2) is 19.3 Å². The number of hydrogen-bond donors (Lipinski definition) is 0. The van der Waals surface area contributed by atoms with E-state index < -0.39 is 0 Å². The number of nitrogens with zero attached hydrogens (tertiary/aromatic N) is 6. The number of aryl methyl sites for hydroxylation is 1. The summed E-state index contributed by atoms with van der Waals surface area (Å²) >= 11 is 1.41. The Labute approximate surface area is 196 Å². The zero-order valence-corrected chi connectivity index (χ0v) is 18.8. The SMILES string of the molecule is Cc1nc2c3ccccc3nc(SCc3nc4ccccc4c(=O)n3-c3ccc(F)cc3)n2n1. The summed E-state index contributed by atoms with van der Waals surface area (Å²) in [6, 6.07) is 20.8. The van der Waals surface area contributed by atoms with Crippen molar-refractivity contribution in [1.29, 1.82) is 0 Å². The molecule has 0 aliphatic carbocycles. The van der Waals surface area contributed by atoms with E-state index >= 15 is 0 Å². The summed E-state index contributed by atoms with van der Waals surface area (Å²) in [5, 5.41) is 6.58. The average Bonchev–Trinajstić information content (AvgIpc) is 3.25. The molecule has 0 aliphatic rings. The van der Waals surface area contributed by atoms with Gasteiger partial charge in [0.15, 0.2) is 10.8 Å². The number of halogens is 1. The summed E-state index contributed by atoms with van der Waals surface area (Å²) in [6.45, 7) is 1.84. The molecule has 0 amide bonds. The number of thioether (sulfide) groups is 1. The molecular formula is C25H17FN6OS. The molecule has 6 aromatic rings. The zero-order valence-electron chi connectivity index (χ0n) is 18.0. The first kappa shape index (κ1) is 20.5. The van der Waals surface area contributed by atoms with E-state index in [0.717, 1.165) is 16.6 Å². The highest BCUT2D eigenvalue weighted by Gasteiger charge is 2.16. The van der Waals surface area contributed by atoms with E-state index in [9.17, 15) is 9.18 Å². The fourth-order valence-corrected chi connectivity index (χ4v) is 4.85. The molecule has 34 heavy (non-hydrogen) atoms. The van der Waals surface area contributed by atoms with Crippen LogP contribution in [0.3, 0.4) is 0 Å². The number of benzene rings is 3. The number of aromatic nitrogens is 6. The molecule has 0 aliphatic heterocycles. The summed E-state index contributed by atoms with van der Waals surface area (Å²) in [5.74, 6) is 1.15. The molecule has 3 aromatic carbocycles. The van der Waals surface area contributed by atoms with Crippen LogP contribution in [-0.4, -0.2) is 29.1 Å². The number of fused-ring (bicyclic) bond motifs is 4. The van der Waals surface area contributed by atoms with Gasteiger partial charge in [-0.15, -0.1) is 5.10 Å². The van der Waals surface area contributed by atoms with Gasteiger partial charge in [-0.1, -0.05) is 36.0 Å².